The molecule has 11 nitrogen and oxygen atoms in total. The molecule has 256 valence electrons. The van der Waals surface area contributed by atoms with Gasteiger partial charge in [0.15, 0.2) is 21.9 Å². The third-order valence-electron chi connectivity index (χ3n) is 7.36. The average Bonchev–Trinajstić information content (AvgIpc) is 3.89. The molecule has 0 radical (unpaired) electrons. The number of imidazole rings is 3. The van der Waals surface area contributed by atoms with Crippen molar-refractivity contribution in [3.63, 3.8) is 0 Å². The van der Waals surface area contributed by atoms with E-state index in [1.807, 2.05) is 109 Å². The van der Waals surface area contributed by atoms with Gasteiger partial charge in [-0.2, -0.15) is 10.2 Å². The molecule has 8 aromatic heterocycles. The van der Waals surface area contributed by atoms with Crippen LogP contribution in [0.5, 0.6) is 0 Å². The molecule has 0 saturated heterocycles. The monoisotopic (exact) mass is 669 g/mol. The fraction of sp³-hybridized carbons (Fsp3) is 0.361. The van der Waals surface area contributed by atoms with Crippen LogP contribution in [0.15, 0.2) is 67.0 Å². The fourth-order valence-electron chi connectivity index (χ4n) is 4.38. The Balaban J connectivity index is 0.000000213. The summed E-state index contributed by atoms with van der Waals surface area (Å²) in [7, 11) is 0. The molecule has 0 aliphatic rings. The van der Waals surface area contributed by atoms with E-state index >= 15 is 0 Å². The number of nitrogens with zero attached hydrogens (tertiary/aromatic N) is 11. The lowest BCUT2D eigenvalue weighted by molar-refractivity contribution is 0.895. The molecule has 0 bridgehead atoms. The Bertz CT molecular complexity index is 1960. The van der Waals surface area contributed by atoms with E-state index < -0.39 is 0 Å². The number of rotatable bonds is 0. The highest BCUT2D eigenvalue weighted by atomic mass is 32.1. The average molecular weight is 670 g/mol. The van der Waals surface area contributed by atoms with E-state index in [0.717, 1.165) is 55.9 Å². The first kappa shape index (κ1) is 39.2. The number of thiazole rings is 1. The summed E-state index contributed by atoms with van der Waals surface area (Å²) < 4.78 is 7.78. The molecule has 8 heterocycles. The molecule has 0 unspecified atom stereocenters. The lowest BCUT2D eigenvalue weighted by Gasteiger charge is -1.92. The molecule has 0 aromatic carbocycles. The zero-order valence-corrected chi connectivity index (χ0v) is 30.5. The number of hydrogen-bond donors (Lipinski definition) is 0. The van der Waals surface area contributed by atoms with E-state index in [1.54, 1.807) is 40.6 Å². The summed E-state index contributed by atoms with van der Waals surface area (Å²) in [4.78, 5) is 22.3. The van der Waals surface area contributed by atoms with Crippen molar-refractivity contribution in [2.24, 2.45) is 0 Å². The van der Waals surface area contributed by atoms with Gasteiger partial charge in [0.05, 0.1) is 34.7 Å². The summed E-state index contributed by atoms with van der Waals surface area (Å²) in [5.74, 6) is 0. The van der Waals surface area contributed by atoms with Crippen LogP contribution in [0.3, 0.4) is 0 Å². The van der Waals surface area contributed by atoms with E-state index in [-0.39, 0.29) is 7.43 Å². The van der Waals surface area contributed by atoms with Crippen LogP contribution in [0.25, 0.3) is 21.9 Å². The minimum atomic E-state index is 0. The lowest BCUT2D eigenvalue weighted by Crippen LogP contribution is -1.91. The predicted molar refractivity (Wildman–Crippen MR) is 199 cm³/mol. The van der Waals surface area contributed by atoms with Crippen LogP contribution in [0.1, 0.15) is 80.5 Å². The lowest BCUT2D eigenvalue weighted by atomic mass is 10.3. The molecule has 0 aliphatic carbocycles. The summed E-state index contributed by atoms with van der Waals surface area (Å²) in [6.45, 7) is 24.2. The molecule has 12 heteroatoms. The topological polar surface area (TPSA) is 108 Å². The molecule has 0 spiro atoms. The minimum Gasteiger partial charge on any atom is -0.301 e. The first-order chi connectivity index (χ1) is 22.7. The van der Waals surface area contributed by atoms with E-state index in [4.69, 9.17) is 0 Å². The van der Waals surface area contributed by atoms with Crippen LogP contribution < -0.4 is 0 Å². The number of aryl methyl sites for hydroxylation is 8. The van der Waals surface area contributed by atoms with Gasteiger partial charge < -0.3 is 4.40 Å². The van der Waals surface area contributed by atoms with Crippen LogP contribution in [-0.2, 0) is 0 Å². The van der Waals surface area contributed by atoms with Gasteiger partial charge in [0.25, 0.3) is 0 Å². The quantitative estimate of drug-likeness (QED) is 0.159. The Morgan fingerprint density at radius 3 is 1.92 bits per heavy atom. The molecular weight excluding hydrogens is 619 g/mol. The van der Waals surface area contributed by atoms with Gasteiger partial charge in [-0.3, -0.25) is 9.38 Å². The maximum Gasteiger partial charge on any atom is 0.194 e. The highest BCUT2D eigenvalue weighted by molar-refractivity contribution is 7.15. The van der Waals surface area contributed by atoms with Crippen molar-refractivity contribution in [2.75, 3.05) is 0 Å². The normalized spacial score (nSPS) is 9.92. The first-order valence-corrected chi connectivity index (χ1v) is 16.7. The molecule has 0 N–H and O–H groups in total. The Hall–Kier alpha value is -4.97. The minimum absolute atomic E-state index is 0. The van der Waals surface area contributed by atoms with E-state index in [9.17, 15) is 0 Å². The fourth-order valence-corrected chi connectivity index (χ4v) is 5.18. The second-order valence-corrected chi connectivity index (χ2v) is 11.0. The van der Waals surface area contributed by atoms with Crippen LogP contribution in [0.2, 0.25) is 0 Å². The molecule has 48 heavy (non-hydrogen) atoms. The molecule has 0 amide bonds. The molecule has 0 fully saturated rings. The van der Waals surface area contributed by atoms with Crippen LogP contribution >= 0.6 is 11.3 Å². The van der Waals surface area contributed by atoms with Gasteiger partial charge >= 0.3 is 0 Å². The molecule has 8 aromatic rings. The molecule has 0 saturated carbocycles. The standard InChI is InChI=1S/3C8H9N3.C7H8N2S.2C2H6.CH4/c1-6-7(2)11-4-3-9-5-8(11)10-6;1-6-7(2)10-11-5-3-4-9-8(6)11;1-6-7(2)11-8(10-6)4-3-5-9-11;1-5-6(2)9-3-4-10-7(9)8-5;2*1-2;/h3*3-5H,1-2H3;3-4H,1-2H3;2*1-2H3;1H4. The van der Waals surface area contributed by atoms with Crippen molar-refractivity contribution in [3.8, 4) is 0 Å². The number of fused-ring (bicyclic) bond motifs is 4. The van der Waals surface area contributed by atoms with Crippen molar-refractivity contribution >= 4 is 33.2 Å². The maximum atomic E-state index is 4.35. The Kier molecular flexibility index (Phi) is 15.0. The van der Waals surface area contributed by atoms with E-state index in [2.05, 4.69) is 64.9 Å². The second kappa shape index (κ2) is 18.4. The van der Waals surface area contributed by atoms with Gasteiger partial charge in [0.2, 0.25) is 0 Å². The van der Waals surface area contributed by atoms with Gasteiger partial charge in [-0.15, -0.1) is 11.3 Å². The molecule has 8 rings (SSSR count). The summed E-state index contributed by atoms with van der Waals surface area (Å²) in [5.41, 5.74) is 11.8. The third kappa shape index (κ3) is 8.88. The van der Waals surface area contributed by atoms with Crippen molar-refractivity contribution in [2.45, 2.75) is 90.5 Å². The largest absolute Gasteiger partial charge is 0.301 e. The molecule has 0 aliphatic heterocycles. The van der Waals surface area contributed by atoms with Crippen LogP contribution in [-0.4, -0.2) is 52.9 Å². The zero-order valence-electron chi connectivity index (χ0n) is 29.7. The van der Waals surface area contributed by atoms with Crippen molar-refractivity contribution < 1.29 is 0 Å². The van der Waals surface area contributed by atoms with Crippen molar-refractivity contribution in [1.82, 2.24) is 52.9 Å². The Labute approximate surface area is 288 Å². The summed E-state index contributed by atoms with van der Waals surface area (Å²) in [6, 6.07) is 5.72. The summed E-state index contributed by atoms with van der Waals surface area (Å²) in [6.07, 6.45) is 13.0. The highest BCUT2D eigenvalue weighted by Gasteiger charge is 2.05. The Morgan fingerprint density at radius 1 is 0.625 bits per heavy atom. The van der Waals surface area contributed by atoms with Gasteiger partial charge in [-0.1, -0.05) is 35.1 Å². The Morgan fingerprint density at radius 2 is 1.27 bits per heavy atom. The van der Waals surface area contributed by atoms with Gasteiger partial charge in [0.1, 0.15) is 0 Å². The second-order valence-electron chi connectivity index (χ2n) is 10.1. The highest BCUT2D eigenvalue weighted by Crippen LogP contribution is 2.15. The molecular formula is C36H51N11S. The van der Waals surface area contributed by atoms with E-state index in [0.29, 0.717) is 0 Å². The van der Waals surface area contributed by atoms with Gasteiger partial charge in [0, 0.05) is 59.5 Å². The van der Waals surface area contributed by atoms with Crippen LogP contribution in [0, 0.1) is 55.4 Å². The van der Waals surface area contributed by atoms with Gasteiger partial charge in [-0.05, 0) is 73.6 Å². The number of aromatic nitrogens is 11. The predicted octanol–water partition coefficient (Wildman–Crippen LogP) is 8.74. The number of hydrogen-bond acceptors (Lipinski definition) is 8. The SMILES string of the molecule is C.CC.CC.Cc1nc2cccnn2c1C.Cc1nc2cnccn2c1C.Cc1nc2sccn2c1C.Cc1nn2cccnc2c1C. The first-order valence-electron chi connectivity index (χ1n) is 15.8. The summed E-state index contributed by atoms with van der Waals surface area (Å²) in [5, 5.41) is 10.5. The zero-order chi connectivity index (χ0) is 34.7. The summed E-state index contributed by atoms with van der Waals surface area (Å²) >= 11 is 1.67. The van der Waals surface area contributed by atoms with E-state index in [1.165, 1.54) is 11.4 Å². The van der Waals surface area contributed by atoms with Crippen LogP contribution in [0.4, 0.5) is 0 Å². The van der Waals surface area contributed by atoms with Gasteiger partial charge in [-0.25, -0.2) is 29.0 Å². The smallest absolute Gasteiger partial charge is 0.194 e. The maximum absolute atomic E-state index is 4.35. The molecule has 0 atom stereocenters. The van der Waals surface area contributed by atoms with Crippen molar-refractivity contribution in [1.29, 1.82) is 0 Å². The van der Waals surface area contributed by atoms with Crippen molar-refractivity contribution in [3.05, 3.63) is 112 Å². The third-order valence-corrected chi connectivity index (χ3v) is 8.12.